The molecule has 1 N–H and O–H groups in total. The molecule has 0 bridgehead atoms. The first-order valence-electron chi connectivity index (χ1n) is 7.70. The van der Waals surface area contributed by atoms with Crippen molar-refractivity contribution >= 4 is 17.5 Å². The summed E-state index contributed by atoms with van der Waals surface area (Å²) in [6, 6.07) is 8.23. The second-order valence-electron chi connectivity index (χ2n) is 5.43. The van der Waals surface area contributed by atoms with Crippen molar-refractivity contribution in [2.24, 2.45) is 0 Å². The van der Waals surface area contributed by atoms with Crippen LogP contribution in [-0.4, -0.2) is 23.1 Å². The predicted molar refractivity (Wildman–Crippen MR) is 89.4 cm³/mol. The van der Waals surface area contributed by atoms with E-state index in [1.54, 1.807) is 12.1 Å². The monoisotopic (exact) mass is 302 g/mol. The van der Waals surface area contributed by atoms with Crippen molar-refractivity contribution in [3.05, 3.63) is 41.8 Å². The molecule has 1 aromatic carbocycles. The normalized spacial score (nSPS) is 10.8. The SMILES string of the molecule is CCN(CC)c1cc(C(C)C)nc(Nc2ccc(F)cc2)n1. The van der Waals surface area contributed by atoms with Crippen LogP contribution in [0.15, 0.2) is 30.3 Å². The number of benzene rings is 1. The van der Waals surface area contributed by atoms with Crippen molar-refractivity contribution in [3.63, 3.8) is 0 Å². The molecule has 2 rings (SSSR count). The van der Waals surface area contributed by atoms with E-state index in [0.29, 0.717) is 11.9 Å². The molecule has 0 saturated heterocycles. The molecule has 0 atom stereocenters. The number of hydrogen-bond acceptors (Lipinski definition) is 4. The minimum atomic E-state index is -0.258. The molecule has 5 heteroatoms. The van der Waals surface area contributed by atoms with Crippen molar-refractivity contribution < 1.29 is 4.39 Å². The van der Waals surface area contributed by atoms with Crippen LogP contribution in [0.5, 0.6) is 0 Å². The van der Waals surface area contributed by atoms with E-state index in [1.165, 1.54) is 12.1 Å². The number of rotatable bonds is 6. The van der Waals surface area contributed by atoms with Crippen molar-refractivity contribution in [2.45, 2.75) is 33.6 Å². The Bertz CT molecular complexity index is 607. The summed E-state index contributed by atoms with van der Waals surface area (Å²) in [5.74, 6) is 1.50. The Hall–Kier alpha value is -2.17. The molecule has 0 unspecified atom stereocenters. The third-order valence-electron chi connectivity index (χ3n) is 3.51. The highest BCUT2D eigenvalue weighted by atomic mass is 19.1. The smallest absolute Gasteiger partial charge is 0.229 e. The average molecular weight is 302 g/mol. The Balaban J connectivity index is 2.35. The second-order valence-corrected chi connectivity index (χ2v) is 5.43. The van der Waals surface area contributed by atoms with Gasteiger partial charge in [0.25, 0.3) is 0 Å². The summed E-state index contributed by atoms with van der Waals surface area (Å²) in [6.45, 7) is 10.2. The second kappa shape index (κ2) is 7.20. The quantitative estimate of drug-likeness (QED) is 0.862. The number of anilines is 3. The lowest BCUT2D eigenvalue weighted by Crippen LogP contribution is -2.23. The van der Waals surface area contributed by atoms with Gasteiger partial charge in [0.2, 0.25) is 5.95 Å². The van der Waals surface area contributed by atoms with E-state index >= 15 is 0 Å². The largest absolute Gasteiger partial charge is 0.357 e. The van der Waals surface area contributed by atoms with Crippen LogP contribution in [-0.2, 0) is 0 Å². The van der Waals surface area contributed by atoms with Gasteiger partial charge < -0.3 is 10.2 Å². The van der Waals surface area contributed by atoms with Crippen LogP contribution in [0, 0.1) is 5.82 Å². The van der Waals surface area contributed by atoms with Crippen LogP contribution in [0.25, 0.3) is 0 Å². The molecular formula is C17H23FN4. The molecule has 0 aliphatic rings. The van der Waals surface area contributed by atoms with Crippen LogP contribution >= 0.6 is 0 Å². The molecule has 0 fully saturated rings. The highest BCUT2D eigenvalue weighted by molar-refractivity contribution is 5.55. The Morgan fingerprint density at radius 1 is 1.09 bits per heavy atom. The molecule has 0 saturated carbocycles. The molecule has 0 spiro atoms. The van der Waals surface area contributed by atoms with E-state index in [0.717, 1.165) is 30.3 Å². The minimum absolute atomic E-state index is 0.258. The Labute approximate surface area is 131 Å². The summed E-state index contributed by atoms with van der Waals surface area (Å²) in [7, 11) is 0. The van der Waals surface area contributed by atoms with Gasteiger partial charge in [-0.05, 0) is 44.0 Å². The highest BCUT2D eigenvalue weighted by Gasteiger charge is 2.11. The molecule has 0 aliphatic carbocycles. The third kappa shape index (κ3) is 3.93. The minimum Gasteiger partial charge on any atom is -0.357 e. The van der Waals surface area contributed by atoms with E-state index in [-0.39, 0.29) is 5.82 Å². The first kappa shape index (κ1) is 16.2. The van der Waals surface area contributed by atoms with Gasteiger partial charge in [0.15, 0.2) is 0 Å². The molecule has 0 amide bonds. The van der Waals surface area contributed by atoms with Gasteiger partial charge in [-0.2, -0.15) is 4.98 Å². The standard InChI is InChI=1S/C17H23FN4/c1-5-22(6-2)16-11-15(12(3)4)20-17(21-16)19-14-9-7-13(18)8-10-14/h7-12H,5-6H2,1-4H3,(H,19,20,21). The van der Waals surface area contributed by atoms with Crippen molar-refractivity contribution in [1.82, 2.24) is 9.97 Å². The highest BCUT2D eigenvalue weighted by Crippen LogP contribution is 2.22. The van der Waals surface area contributed by atoms with Gasteiger partial charge in [0.05, 0.1) is 5.69 Å². The lowest BCUT2D eigenvalue weighted by molar-refractivity contribution is 0.628. The number of aromatic nitrogens is 2. The zero-order chi connectivity index (χ0) is 16.1. The third-order valence-corrected chi connectivity index (χ3v) is 3.51. The summed E-state index contributed by atoms with van der Waals surface area (Å²) in [4.78, 5) is 11.3. The van der Waals surface area contributed by atoms with Crippen LogP contribution < -0.4 is 10.2 Å². The van der Waals surface area contributed by atoms with Crippen molar-refractivity contribution in [2.75, 3.05) is 23.3 Å². The van der Waals surface area contributed by atoms with Crippen LogP contribution in [0.1, 0.15) is 39.3 Å². The maximum absolute atomic E-state index is 13.0. The van der Waals surface area contributed by atoms with Crippen molar-refractivity contribution in [3.8, 4) is 0 Å². The molecule has 118 valence electrons. The number of nitrogens with zero attached hydrogens (tertiary/aromatic N) is 3. The van der Waals surface area contributed by atoms with Gasteiger partial charge >= 0.3 is 0 Å². The fourth-order valence-electron chi connectivity index (χ4n) is 2.18. The van der Waals surface area contributed by atoms with Gasteiger partial charge in [-0.25, -0.2) is 9.37 Å². The van der Waals surface area contributed by atoms with Gasteiger partial charge in [0.1, 0.15) is 11.6 Å². The molecule has 1 heterocycles. The van der Waals surface area contributed by atoms with E-state index < -0.39 is 0 Å². The maximum Gasteiger partial charge on any atom is 0.229 e. The van der Waals surface area contributed by atoms with Crippen LogP contribution in [0.3, 0.4) is 0 Å². The Morgan fingerprint density at radius 3 is 2.27 bits per heavy atom. The molecule has 0 radical (unpaired) electrons. The van der Waals surface area contributed by atoms with Gasteiger partial charge in [-0.3, -0.25) is 0 Å². The lowest BCUT2D eigenvalue weighted by Gasteiger charge is -2.21. The molecule has 4 nitrogen and oxygen atoms in total. The van der Waals surface area contributed by atoms with E-state index in [4.69, 9.17) is 0 Å². The summed E-state index contributed by atoms with van der Waals surface area (Å²) >= 11 is 0. The first-order valence-corrected chi connectivity index (χ1v) is 7.70. The van der Waals surface area contributed by atoms with Gasteiger partial charge in [0, 0.05) is 24.8 Å². The van der Waals surface area contributed by atoms with Crippen LogP contribution in [0.2, 0.25) is 0 Å². The molecule has 22 heavy (non-hydrogen) atoms. The maximum atomic E-state index is 13.0. The molecular weight excluding hydrogens is 279 g/mol. The number of halogens is 1. The number of nitrogens with one attached hydrogen (secondary N) is 1. The van der Waals surface area contributed by atoms with E-state index in [9.17, 15) is 4.39 Å². The zero-order valence-electron chi connectivity index (χ0n) is 13.6. The van der Waals surface area contributed by atoms with E-state index in [1.807, 2.05) is 6.07 Å². The zero-order valence-corrected chi connectivity index (χ0v) is 13.6. The van der Waals surface area contributed by atoms with Crippen molar-refractivity contribution in [1.29, 1.82) is 0 Å². The van der Waals surface area contributed by atoms with Crippen LogP contribution in [0.4, 0.5) is 21.8 Å². The lowest BCUT2D eigenvalue weighted by atomic mass is 10.1. The number of hydrogen-bond donors (Lipinski definition) is 1. The van der Waals surface area contributed by atoms with Gasteiger partial charge in [-0.1, -0.05) is 13.8 Å². The topological polar surface area (TPSA) is 41.1 Å². The molecule has 0 aliphatic heterocycles. The fourth-order valence-corrected chi connectivity index (χ4v) is 2.18. The summed E-state index contributed by atoms with van der Waals surface area (Å²) in [6.07, 6.45) is 0. The molecule has 2 aromatic rings. The van der Waals surface area contributed by atoms with Gasteiger partial charge in [-0.15, -0.1) is 0 Å². The summed E-state index contributed by atoms with van der Waals surface area (Å²) in [5, 5.41) is 3.15. The summed E-state index contributed by atoms with van der Waals surface area (Å²) in [5.41, 5.74) is 1.76. The average Bonchev–Trinajstić information content (AvgIpc) is 2.50. The fraction of sp³-hybridized carbons (Fsp3) is 0.412. The van der Waals surface area contributed by atoms with E-state index in [2.05, 4.69) is 47.9 Å². The molecule has 1 aromatic heterocycles. The Morgan fingerprint density at radius 2 is 1.73 bits per heavy atom. The first-order chi connectivity index (χ1) is 10.5. The summed E-state index contributed by atoms with van der Waals surface area (Å²) < 4.78 is 13.0. The Kier molecular flexibility index (Phi) is 5.31. The predicted octanol–water partition coefficient (Wildman–Crippen LogP) is 4.33.